The first-order valence-corrected chi connectivity index (χ1v) is 6.96. The van der Waals surface area contributed by atoms with Crippen molar-refractivity contribution in [3.63, 3.8) is 0 Å². The Balaban J connectivity index is 2.01. The maximum absolute atomic E-state index is 5.24. The summed E-state index contributed by atoms with van der Waals surface area (Å²) in [5.41, 5.74) is 1.33. The van der Waals surface area contributed by atoms with Gasteiger partial charge in [-0.15, -0.1) is 0 Å². The lowest BCUT2D eigenvalue weighted by molar-refractivity contribution is 0.415. The Hall–Kier alpha value is -1.54. The average Bonchev–Trinajstić information content (AvgIpc) is 2.42. The van der Waals surface area contributed by atoms with E-state index in [2.05, 4.69) is 49.5 Å². The van der Waals surface area contributed by atoms with Crippen molar-refractivity contribution < 1.29 is 4.74 Å². The van der Waals surface area contributed by atoms with Crippen LogP contribution in [0.15, 0.2) is 36.4 Å². The second-order valence-corrected chi connectivity index (χ2v) is 5.41. The molecule has 0 aliphatic carbocycles. The lowest BCUT2D eigenvalue weighted by Gasteiger charge is -2.08. The topological polar surface area (TPSA) is 21.3 Å². The summed E-state index contributed by atoms with van der Waals surface area (Å²) in [4.78, 5) is 0. The molecular weight excluding hydrogens is 234 g/mol. The molecule has 0 bridgehead atoms. The molecule has 2 nitrogen and oxygen atoms in total. The Kier molecular flexibility index (Phi) is 4.80. The average molecular weight is 257 g/mol. The van der Waals surface area contributed by atoms with Gasteiger partial charge in [0.15, 0.2) is 0 Å². The molecule has 0 aliphatic rings. The Labute approximate surface area is 115 Å². The smallest absolute Gasteiger partial charge is 0.119 e. The van der Waals surface area contributed by atoms with Crippen LogP contribution in [0.2, 0.25) is 0 Å². The van der Waals surface area contributed by atoms with Crippen LogP contribution in [0.3, 0.4) is 0 Å². The lowest BCUT2D eigenvalue weighted by atomic mass is 10.1. The molecule has 0 unspecified atom stereocenters. The van der Waals surface area contributed by atoms with Crippen LogP contribution in [-0.2, 0) is 6.54 Å². The first-order valence-electron chi connectivity index (χ1n) is 6.96. The summed E-state index contributed by atoms with van der Waals surface area (Å²) in [6.07, 6.45) is 1.23. The predicted molar refractivity (Wildman–Crippen MR) is 81.7 cm³/mol. The van der Waals surface area contributed by atoms with E-state index in [1.165, 1.54) is 22.8 Å². The number of rotatable bonds is 6. The molecule has 2 aromatic rings. The molecule has 0 atom stereocenters. The van der Waals surface area contributed by atoms with E-state index in [0.29, 0.717) is 0 Å². The van der Waals surface area contributed by atoms with E-state index < -0.39 is 0 Å². The largest absolute Gasteiger partial charge is 0.497 e. The quantitative estimate of drug-likeness (QED) is 0.790. The SMILES string of the molecule is COc1ccc2cc(CNCCC(C)C)ccc2c1. The third kappa shape index (κ3) is 3.97. The molecule has 0 aliphatic heterocycles. The first-order chi connectivity index (χ1) is 9.19. The summed E-state index contributed by atoms with van der Waals surface area (Å²) in [6, 6.07) is 12.8. The lowest BCUT2D eigenvalue weighted by Crippen LogP contribution is -2.16. The number of ether oxygens (including phenoxy) is 1. The van der Waals surface area contributed by atoms with E-state index in [-0.39, 0.29) is 0 Å². The van der Waals surface area contributed by atoms with E-state index >= 15 is 0 Å². The second kappa shape index (κ2) is 6.58. The summed E-state index contributed by atoms with van der Waals surface area (Å²) >= 11 is 0. The fourth-order valence-corrected chi connectivity index (χ4v) is 2.13. The summed E-state index contributed by atoms with van der Waals surface area (Å²) < 4.78 is 5.24. The van der Waals surface area contributed by atoms with E-state index in [4.69, 9.17) is 4.74 Å². The van der Waals surface area contributed by atoms with E-state index in [1.54, 1.807) is 7.11 Å². The summed E-state index contributed by atoms with van der Waals surface area (Å²) in [5, 5.41) is 5.99. The number of fused-ring (bicyclic) bond motifs is 1. The van der Waals surface area contributed by atoms with Crippen molar-refractivity contribution in [3.8, 4) is 5.75 Å². The van der Waals surface area contributed by atoms with Crippen LogP contribution in [0.5, 0.6) is 5.75 Å². The van der Waals surface area contributed by atoms with Crippen LogP contribution in [0.4, 0.5) is 0 Å². The van der Waals surface area contributed by atoms with Crippen LogP contribution < -0.4 is 10.1 Å². The highest BCUT2D eigenvalue weighted by atomic mass is 16.5. The van der Waals surface area contributed by atoms with Crippen molar-refractivity contribution in [2.24, 2.45) is 5.92 Å². The minimum absolute atomic E-state index is 0.761. The highest BCUT2D eigenvalue weighted by molar-refractivity contribution is 5.84. The molecule has 19 heavy (non-hydrogen) atoms. The van der Waals surface area contributed by atoms with Gasteiger partial charge in [0.05, 0.1) is 7.11 Å². The highest BCUT2D eigenvalue weighted by Crippen LogP contribution is 2.21. The molecule has 0 spiro atoms. The number of benzene rings is 2. The molecule has 2 rings (SSSR count). The Morgan fingerprint density at radius 3 is 2.53 bits per heavy atom. The van der Waals surface area contributed by atoms with Gasteiger partial charge in [-0.1, -0.05) is 32.0 Å². The molecule has 0 heterocycles. The maximum Gasteiger partial charge on any atom is 0.119 e. The number of hydrogen-bond acceptors (Lipinski definition) is 2. The molecule has 2 aromatic carbocycles. The van der Waals surface area contributed by atoms with Crippen LogP contribution in [0.1, 0.15) is 25.8 Å². The zero-order chi connectivity index (χ0) is 13.7. The van der Waals surface area contributed by atoms with E-state index in [9.17, 15) is 0 Å². The van der Waals surface area contributed by atoms with Crippen LogP contribution in [-0.4, -0.2) is 13.7 Å². The fraction of sp³-hybridized carbons (Fsp3) is 0.412. The van der Waals surface area contributed by atoms with Gasteiger partial charge < -0.3 is 10.1 Å². The normalized spacial score (nSPS) is 11.2. The van der Waals surface area contributed by atoms with Gasteiger partial charge in [0, 0.05) is 6.54 Å². The van der Waals surface area contributed by atoms with Gasteiger partial charge in [-0.2, -0.15) is 0 Å². The maximum atomic E-state index is 5.24. The Bertz CT molecular complexity index is 534. The summed E-state index contributed by atoms with van der Waals surface area (Å²) in [7, 11) is 1.70. The van der Waals surface area contributed by atoms with Gasteiger partial charge in [-0.25, -0.2) is 0 Å². The molecule has 0 amide bonds. The molecule has 0 radical (unpaired) electrons. The van der Waals surface area contributed by atoms with Gasteiger partial charge in [0.1, 0.15) is 5.75 Å². The molecule has 2 heteroatoms. The zero-order valence-electron chi connectivity index (χ0n) is 12.1. The van der Waals surface area contributed by atoms with Crippen molar-refractivity contribution in [3.05, 3.63) is 42.0 Å². The standard InChI is InChI=1S/C17H23NO/c1-13(2)8-9-18-12-14-4-5-16-11-17(19-3)7-6-15(16)10-14/h4-7,10-11,13,18H,8-9,12H2,1-3H3. The highest BCUT2D eigenvalue weighted by Gasteiger charge is 1.99. The second-order valence-electron chi connectivity index (χ2n) is 5.41. The van der Waals surface area contributed by atoms with Crippen LogP contribution >= 0.6 is 0 Å². The minimum atomic E-state index is 0.761. The molecule has 0 saturated heterocycles. The Morgan fingerprint density at radius 1 is 1.05 bits per heavy atom. The van der Waals surface area contributed by atoms with Gasteiger partial charge in [0.25, 0.3) is 0 Å². The number of nitrogens with one attached hydrogen (secondary N) is 1. The minimum Gasteiger partial charge on any atom is -0.497 e. The summed E-state index contributed by atoms with van der Waals surface area (Å²) in [5.74, 6) is 1.67. The first kappa shape index (κ1) is 13.9. The molecule has 1 N–H and O–H groups in total. The third-order valence-corrected chi connectivity index (χ3v) is 3.34. The monoisotopic (exact) mass is 257 g/mol. The van der Waals surface area contributed by atoms with E-state index in [1.807, 2.05) is 6.07 Å². The van der Waals surface area contributed by atoms with Crippen molar-refractivity contribution in [1.82, 2.24) is 5.32 Å². The molecule has 102 valence electrons. The summed E-state index contributed by atoms with van der Waals surface area (Å²) in [6.45, 7) is 6.53. The zero-order valence-corrected chi connectivity index (χ0v) is 12.1. The van der Waals surface area contributed by atoms with Crippen LogP contribution in [0.25, 0.3) is 10.8 Å². The van der Waals surface area contributed by atoms with Crippen molar-refractivity contribution in [2.75, 3.05) is 13.7 Å². The third-order valence-electron chi connectivity index (χ3n) is 3.34. The predicted octanol–water partition coefficient (Wildman–Crippen LogP) is 3.98. The van der Waals surface area contributed by atoms with Gasteiger partial charge >= 0.3 is 0 Å². The van der Waals surface area contributed by atoms with Crippen molar-refractivity contribution in [1.29, 1.82) is 0 Å². The van der Waals surface area contributed by atoms with Gasteiger partial charge in [0.2, 0.25) is 0 Å². The van der Waals surface area contributed by atoms with Crippen molar-refractivity contribution in [2.45, 2.75) is 26.8 Å². The molecule has 0 aromatic heterocycles. The van der Waals surface area contributed by atoms with Gasteiger partial charge in [-0.3, -0.25) is 0 Å². The Morgan fingerprint density at radius 2 is 1.79 bits per heavy atom. The fourth-order valence-electron chi connectivity index (χ4n) is 2.13. The number of hydrogen-bond donors (Lipinski definition) is 1. The van der Waals surface area contributed by atoms with Crippen molar-refractivity contribution >= 4 is 10.8 Å². The molecular formula is C17H23NO. The van der Waals surface area contributed by atoms with Gasteiger partial charge in [-0.05, 0) is 53.4 Å². The molecule has 0 saturated carbocycles. The molecule has 0 fully saturated rings. The van der Waals surface area contributed by atoms with Crippen LogP contribution in [0, 0.1) is 5.92 Å². The van der Waals surface area contributed by atoms with E-state index in [0.717, 1.165) is 24.8 Å². The number of methoxy groups -OCH3 is 1.